The number of benzene rings is 1. The maximum atomic E-state index is 12.9. The van der Waals surface area contributed by atoms with Gasteiger partial charge in [-0.05, 0) is 37.3 Å². The Labute approximate surface area is 172 Å². The maximum Gasteiger partial charge on any atom is 0.223 e. The highest BCUT2D eigenvalue weighted by molar-refractivity contribution is 6.31. The minimum Gasteiger partial charge on any atom is -0.376 e. The zero-order valence-electron chi connectivity index (χ0n) is 16.6. The maximum absolute atomic E-state index is 12.9. The molecule has 28 heavy (non-hydrogen) atoms. The van der Waals surface area contributed by atoms with E-state index in [2.05, 4.69) is 17.1 Å². The summed E-state index contributed by atoms with van der Waals surface area (Å²) in [4.78, 5) is 22.1. The Morgan fingerprint density at radius 2 is 1.82 bits per heavy atom. The molecule has 1 spiro atoms. The third-order valence-corrected chi connectivity index (χ3v) is 6.68. The van der Waals surface area contributed by atoms with Gasteiger partial charge < -0.3 is 15.8 Å². The SMILES string of the molecule is CC(N)=O.O=C(N[C@H]1c2cccc(Cl)c2COCC12CCCC2)C1CCCC1. The van der Waals surface area contributed by atoms with Gasteiger partial charge in [-0.3, -0.25) is 9.59 Å². The molecule has 0 aromatic heterocycles. The van der Waals surface area contributed by atoms with Gasteiger partial charge in [0, 0.05) is 28.8 Å². The molecule has 0 unspecified atom stereocenters. The van der Waals surface area contributed by atoms with Gasteiger partial charge in [-0.2, -0.15) is 0 Å². The van der Waals surface area contributed by atoms with Gasteiger partial charge >= 0.3 is 0 Å². The first-order valence-corrected chi connectivity index (χ1v) is 10.7. The number of hydrogen-bond acceptors (Lipinski definition) is 3. The first-order valence-electron chi connectivity index (χ1n) is 10.3. The quantitative estimate of drug-likeness (QED) is 0.769. The Kier molecular flexibility index (Phi) is 7.00. The van der Waals surface area contributed by atoms with Gasteiger partial charge in [0.2, 0.25) is 11.8 Å². The molecule has 2 saturated carbocycles. The van der Waals surface area contributed by atoms with Crippen molar-refractivity contribution in [3.8, 4) is 0 Å². The molecule has 3 N–H and O–H groups in total. The van der Waals surface area contributed by atoms with Crippen LogP contribution < -0.4 is 11.1 Å². The van der Waals surface area contributed by atoms with E-state index in [1.807, 2.05) is 12.1 Å². The largest absolute Gasteiger partial charge is 0.376 e. The van der Waals surface area contributed by atoms with Crippen LogP contribution in [-0.2, 0) is 20.9 Å². The minimum atomic E-state index is -0.333. The van der Waals surface area contributed by atoms with Crippen molar-refractivity contribution < 1.29 is 14.3 Å². The van der Waals surface area contributed by atoms with E-state index in [1.54, 1.807) is 0 Å². The number of fused-ring (bicyclic) bond motifs is 1. The van der Waals surface area contributed by atoms with Crippen LogP contribution >= 0.6 is 11.6 Å². The lowest BCUT2D eigenvalue weighted by Crippen LogP contribution is -2.43. The number of amides is 2. The van der Waals surface area contributed by atoms with E-state index in [9.17, 15) is 9.59 Å². The Morgan fingerprint density at radius 3 is 2.46 bits per heavy atom. The molecule has 2 aliphatic carbocycles. The molecule has 0 saturated heterocycles. The smallest absolute Gasteiger partial charge is 0.223 e. The molecule has 2 fully saturated rings. The van der Waals surface area contributed by atoms with Crippen LogP contribution in [0.5, 0.6) is 0 Å². The average Bonchev–Trinajstić information content (AvgIpc) is 3.30. The molecule has 1 aromatic rings. The lowest BCUT2D eigenvalue weighted by atomic mass is 9.75. The van der Waals surface area contributed by atoms with Gasteiger partial charge in [-0.1, -0.05) is 49.4 Å². The van der Waals surface area contributed by atoms with Gasteiger partial charge in [0.1, 0.15) is 0 Å². The van der Waals surface area contributed by atoms with Gasteiger partial charge in [0.15, 0.2) is 0 Å². The van der Waals surface area contributed by atoms with Gasteiger partial charge in [-0.15, -0.1) is 0 Å². The first kappa shape index (κ1) is 21.1. The number of carbonyl (C=O) groups is 2. The number of carbonyl (C=O) groups excluding carboxylic acids is 2. The van der Waals surface area contributed by atoms with E-state index in [0.29, 0.717) is 13.2 Å². The van der Waals surface area contributed by atoms with Gasteiger partial charge in [0.25, 0.3) is 0 Å². The molecule has 2 amide bonds. The molecule has 1 heterocycles. The fourth-order valence-electron chi connectivity index (χ4n) is 4.96. The summed E-state index contributed by atoms with van der Waals surface area (Å²) in [6.45, 7) is 2.57. The Balaban J connectivity index is 0.000000516. The predicted molar refractivity (Wildman–Crippen MR) is 110 cm³/mol. The van der Waals surface area contributed by atoms with Crippen LogP contribution in [-0.4, -0.2) is 18.4 Å². The van der Waals surface area contributed by atoms with Crippen LogP contribution in [0.25, 0.3) is 0 Å². The molecule has 1 aliphatic heterocycles. The number of nitrogens with two attached hydrogens (primary N) is 1. The van der Waals surface area contributed by atoms with Crippen LogP contribution in [0, 0.1) is 11.3 Å². The fourth-order valence-corrected chi connectivity index (χ4v) is 5.20. The third kappa shape index (κ3) is 4.69. The number of rotatable bonds is 2. The molecule has 5 nitrogen and oxygen atoms in total. The molecule has 6 heteroatoms. The highest BCUT2D eigenvalue weighted by atomic mass is 35.5. The van der Waals surface area contributed by atoms with Crippen molar-refractivity contribution in [1.29, 1.82) is 0 Å². The lowest BCUT2D eigenvalue weighted by molar-refractivity contribution is -0.127. The summed E-state index contributed by atoms with van der Waals surface area (Å²) >= 11 is 6.45. The zero-order chi connectivity index (χ0) is 20.1. The number of primary amides is 1. The highest BCUT2D eigenvalue weighted by Crippen LogP contribution is 2.51. The van der Waals surface area contributed by atoms with Gasteiger partial charge in [-0.25, -0.2) is 0 Å². The fraction of sp³-hybridized carbons (Fsp3) is 0.636. The summed E-state index contributed by atoms with van der Waals surface area (Å²) in [6.07, 6.45) is 9.10. The minimum absolute atomic E-state index is 0.0318. The van der Waals surface area contributed by atoms with Crippen LogP contribution in [0.2, 0.25) is 5.02 Å². The molecular formula is C22H31ClN2O3. The number of nitrogens with one attached hydrogen (secondary N) is 1. The van der Waals surface area contributed by atoms with Crippen molar-refractivity contribution >= 4 is 23.4 Å². The lowest BCUT2D eigenvalue weighted by Gasteiger charge is -2.37. The molecule has 1 atom stereocenters. The van der Waals surface area contributed by atoms with Crippen molar-refractivity contribution in [2.45, 2.75) is 70.9 Å². The molecule has 0 radical (unpaired) electrons. The van der Waals surface area contributed by atoms with E-state index in [4.69, 9.17) is 16.3 Å². The molecular weight excluding hydrogens is 376 g/mol. The summed E-state index contributed by atoms with van der Waals surface area (Å²) in [6, 6.07) is 6.09. The van der Waals surface area contributed by atoms with Crippen molar-refractivity contribution in [2.75, 3.05) is 6.61 Å². The Morgan fingerprint density at radius 1 is 1.18 bits per heavy atom. The summed E-state index contributed by atoms with van der Waals surface area (Å²) in [5.41, 5.74) is 6.73. The van der Waals surface area contributed by atoms with E-state index >= 15 is 0 Å². The normalized spacial score (nSPS) is 23.4. The third-order valence-electron chi connectivity index (χ3n) is 6.33. The molecule has 4 rings (SSSR count). The average molecular weight is 407 g/mol. The second-order valence-electron chi connectivity index (χ2n) is 8.40. The summed E-state index contributed by atoms with van der Waals surface area (Å²) in [5.74, 6) is 0.0897. The predicted octanol–water partition coefficient (Wildman–Crippen LogP) is 4.27. The van der Waals surface area contributed by atoms with E-state index in [1.165, 1.54) is 38.2 Å². The second-order valence-corrected chi connectivity index (χ2v) is 8.81. The summed E-state index contributed by atoms with van der Waals surface area (Å²) < 4.78 is 6.04. The molecule has 0 bridgehead atoms. The Bertz CT molecular complexity index is 706. The van der Waals surface area contributed by atoms with Gasteiger partial charge in [0.05, 0.1) is 19.3 Å². The monoisotopic (exact) mass is 406 g/mol. The highest BCUT2D eigenvalue weighted by Gasteiger charge is 2.46. The van der Waals surface area contributed by atoms with E-state index in [0.717, 1.165) is 36.3 Å². The van der Waals surface area contributed by atoms with Crippen LogP contribution in [0.1, 0.15) is 75.5 Å². The standard InChI is InChI=1S/C20H26ClNO2.C2H5NO/c21-17-9-5-8-15-16(17)12-24-13-20(10-3-4-11-20)18(15)22-19(23)14-6-1-2-7-14;1-2(3)4/h5,8-9,14,18H,1-4,6-7,10-13H2,(H,22,23);1H3,(H2,3,4)/t18-;/m0./s1. The van der Waals surface area contributed by atoms with Crippen LogP contribution in [0.15, 0.2) is 18.2 Å². The number of ether oxygens (including phenoxy) is 1. The van der Waals surface area contributed by atoms with E-state index < -0.39 is 0 Å². The number of halogens is 1. The molecule has 3 aliphatic rings. The van der Waals surface area contributed by atoms with Crippen molar-refractivity contribution in [3.63, 3.8) is 0 Å². The summed E-state index contributed by atoms with van der Waals surface area (Å²) in [5, 5.41) is 4.19. The van der Waals surface area contributed by atoms with Crippen molar-refractivity contribution in [2.24, 2.45) is 17.1 Å². The van der Waals surface area contributed by atoms with Crippen LogP contribution in [0.3, 0.4) is 0 Å². The zero-order valence-corrected chi connectivity index (χ0v) is 17.4. The first-order chi connectivity index (χ1) is 13.4. The second kappa shape index (κ2) is 9.27. The Hall–Kier alpha value is -1.59. The molecule has 1 aromatic carbocycles. The number of hydrogen-bond donors (Lipinski definition) is 2. The van der Waals surface area contributed by atoms with Crippen LogP contribution in [0.4, 0.5) is 0 Å². The summed E-state index contributed by atoms with van der Waals surface area (Å²) in [7, 11) is 0. The topological polar surface area (TPSA) is 81.4 Å². The van der Waals surface area contributed by atoms with E-state index in [-0.39, 0.29) is 29.2 Å². The van der Waals surface area contributed by atoms with Crippen molar-refractivity contribution in [3.05, 3.63) is 34.3 Å². The molecule has 154 valence electrons. The van der Waals surface area contributed by atoms with Crippen molar-refractivity contribution in [1.82, 2.24) is 5.32 Å².